The highest BCUT2D eigenvalue weighted by Gasteiger charge is 2.00. The molecule has 0 aliphatic rings. The molecule has 2 nitrogen and oxygen atoms in total. The fraction of sp³-hybridized carbons (Fsp3) is 0. The second-order valence-electron chi connectivity index (χ2n) is 3.64. The van der Waals surface area contributed by atoms with Gasteiger partial charge in [-0.1, -0.05) is 6.07 Å². The van der Waals surface area contributed by atoms with Crippen molar-refractivity contribution in [2.24, 2.45) is 0 Å². The molecule has 2 heterocycles. The lowest BCUT2D eigenvalue weighted by Gasteiger charge is -2.05. The van der Waals surface area contributed by atoms with Gasteiger partial charge in [0.25, 0.3) is 0 Å². The molecule has 0 radical (unpaired) electrons. The van der Waals surface area contributed by atoms with Gasteiger partial charge in [-0.05, 0) is 47.2 Å². The van der Waals surface area contributed by atoms with Crippen LogP contribution in [0.4, 0.5) is 15.9 Å². The first-order valence-electron chi connectivity index (χ1n) is 5.18. The highest BCUT2D eigenvalue weighted by Crippen LogP contribution is 2.25. The maximum Gasteiger partial charge on any atom is 0.214 e. The van der Waals surface area contributed by atoms with E-state index in [0.717, 1.165) is 5.69 Å². The Labute approximate surface area is 102 Å². The summed E-state index contributed by atoms with van der Waals surface area (Å²) in [6.45, 7) is 0. The van der Waals surface area contributed by atoms with Gasteiger partial charge in [-0.3, -0.25) is 0 Å². The van der Waals surface area contributed by atoms with E-state index in [-0.39, 0.29) is 0 Å². The average molecular weight is 244 g/mol. The lowest BCUT2D eigenvalue weighted by atomic mass is 10.2. The maximum absolute atomic E-state index is 12.9. The first-order chi connectivity index (χ1) is 8.31. The number of nitrogens with one attached hydrogen (secondary N) is 1. The molecule has 0 aliphatic heterocycles. The van der Waals surface area contributed by atoms with E-state index < -0.39 is 5.95 Å². The maximum atomic E-state index is 12.9. The number of fused-ring (bicyclic) bond motifs is 1. The summed E-state index contributed by atoms with van der Waals surface area (Å²) < 4.78 is 14.2. The van der Waals surface area contributed by atoms with Crippen molar-refractivity contribution in [3.63, 3.8) is 0 Å². The standard InChI is InChI=1S/C13H9FN2S/c14-12-2-1-3-13(16-12)15-10-4-5-11-9(8-10)6-7-17-11/h1-8H,(H,15,16). The number of rotatable bonds is 2. The zero-order chi connectivity index (χ0) is 11.7. The Morgan fingerprint density at radius 1 is 1.12 bits per heavy atom. The molecule has 0 bridgehead atoms. The first kappa shape index (κ1) is 10.2. The van der Waals surface area contributed by atoms with Crippen molar-refractivity contribution in [3.8, 4) is 0 Å². The van der Waals surface area contributed by atoms with Gasteiger partial charge in [0, 0.05) is 10.4 Å². The molecule has 3 rings (SSSR count). The summed E-state index contributed by atoms with van der Waals surface area (Å²) in [6, 6.07) is 12.8. The van der Waals surface area contributed by atoms with Gasteiger partial charge in [-0.25, -0.2) is 4.98 Å². The highest BCUT2D eigenvalue weighted by atomic mass is 32.1. The number of thiophene rings is 1. The van der Waals surface area contributed by atoms with E-state index in [0.29, 0.717) is 5.82 Å². The fourth-order valence-corrected chi connectivity index (χ4v) is 2.44. The van der Waals surface area contributed by atoms with E-state index in [1.807, 2.05) is 18.2 Å². The number of pyridine rings is 1. The van der Waals surface area contributed by atoms with Crippen molar-refractivity contribution in [2.75, 3.05) is 5.32 Å². The zero-order valence-electron chi connectivity index (χ0n) is 8.85. The van der Waals surface area contributed by atoms with E-state index in [9.17, 15) is 4.39 Å². The molecule has 4 heteroatoms. The van der Waals surface area contributed by atoms with E-state index in [1.165, 1.54) is 16.2 Å². The number of benzene rings is 1. The summed E-state index contributed by atoms with van der Waals surface area (Å²) >= 11 is 1.70. The van der Waals surface area contributed by atoms with Gasteiger partial charge in [-0.15, -0.1) is 11.3 Å². The van der Waals surface area contributed by atoms with Crippen LogP contribution in [0, 0.1) is 5.95 Å². The van der Waals surface area contributed by atoms with Gasteiger partial charge < -0.3 is 5.32 Å². The van der Waals surface area contributed by atoms with Crippen molar-refractivity contribution >= 4 is 32.9 Å². The molecule has 1 aromatic carbocycles. The molecule has 17 heavy (non-hydrogen) atoms. The van der Waals surface area contributed by atoms with Gasteiger partial charge in [0.05, 0.1) is 0 Å². The number of aromatic nitrogens is 1. The lowest BCUT2D eigenvalue weighted by molar-refractivity contribution is 0.585. The number of anilines is 2. The second kappa shape index (κ2) is 4.14. The molecule has 0 saturated carbocycles. The molecule has 0 amide bonds. The van der Waals surface area contributed by atoms with E-state index >= 15 is 0 Å². The largest absolute Gasteiger partial charge is 0.340 e. The molecule has 0 unspecified atom stereocenters. The molecule has 0 atom stereocenters. The highest BCUT2D eigenvalue weighted by molar-refractivity contribution is 7.17. The molecule has 0 spiro atoms. The van der Waals surface area contributed by atoms with Crippen LogP contribution in [0.15, 0.2) is 47.8 Å². The molecule has 0 saturated heterocycles. The Hall–Kier alpha value is -1.94. The predicted molar refractivity (Wildman–Crippen MR) is 69.3 cm³/mol. The third-order valence-corrected chi connectivity index (χ3v) is 3.34. The smallest absolute Gasteiger partial charge is 0.214 e. The summed E-state index contributed by atoms with van der Waals surface area (Å²) in [7, 11) is 0. The minimum atomic E-state index is -0.480. The van der Waals surface area contributed by atoms with Crippen molar-refractivity contribution in [3.05, 3.63) is 53.8 Å². The minimum absolute atomic E-state index is 0.480. The molecule has 3 aromatic rings. The quantitative estimate of drug-likeness (QED) is 0.684. The van der Waals surface area contributed by atoms with Gasteiger partial charge in [0.15, 0.2) is 0 Å². The number of hydrogen-bond acceptors (Lipinski definition) is 3. The van der Waals surface area contributed by atoms with Crippen LogP contribution in [0.3, 0.4) is 0 Å². The Kier molecular flexibility index (Phi) is 2.49. The van der Waals surface area contributed by atoms with Crippen LogP contribution < -0.4 is 5.32 Å². The summed E-state index contributed by atoms with van der Waals surface area (Å²) in [5.41, 5.74) is 0.911. The van der Waals surface area contributed by atoms with Crippen LogP contribution in [0.25, 0.3) is 10.1 Å². The number of nitrogens with zero attached hydrogens (tertiary/aromatic N) is 1. The van der Waals surface area contributed by atoms with Crippen LogP contribution in [0.1, 0.15) is 0 Å². The molecule has 1 N–H and O–H groups in total. The summed E-state index contributed by atoms with van der Waals surface area (Å²) in [5, 5.41) is 6.31. The fourth-order valence-electron chi connectivity index (χ4n) is 1.67. The Morgan fingerprint density at radius 3 is 2.94 bits per heavy atom. The summed E-state index contributed by atoms with van der Waals surface area (Å²) in [5.74, 6) is 0.0335. The first-order valence-corrected chi connectivity index (χ1v) is 6.06. The van der Waals surface area contributed by atoms with Crippen LogP contribution >= 0.6 is 11.3 Å². The minimum Gasteiger partial charge on any atom is -0.340 e. The monoisotopic (exact) mass is 244 g/mol. The Balaban J connectivity index is 1.94. The molecule has 2 aromatic heterocycles. The molecule has 0 aliphatic carbocycles. The van der Waals surface area contributed by atoms with Gasteiger partial charge in [0.1, 0.15) is 5.82 Å². The van der Waals surface area contributed by atoms with Crippen molar-refractivity contribution in [1.82, 2.24) is 4.98 Å². The molecular formula is C13H9FN2S. The van der Waals surface area contributed by atoms with Gasteiger partial charge in [-0.2, -0.15) is 4.39 Å². The van der Waals surface area contributed by atoms with Gasteiger partial charge in [0.2, 0.25) is 5.95 Å². The van der Waals surface area contributed by atoms with Crippen LogP contribution in [-0.2, 0) is 0 Å². The number of halogens is 1. The normalized spacial score (nSPS) is 10.6. The molecule has 0 fully saturated rings. The van der Waals surface area contributed by atoms with Crippen LogP contribution in [-0.4, -0.2) is 4.98 Å². The topological polar surface area (TPSA) is 24.9 Å². The molecule has 84 valence electrons. The van der Waals surface area contributed by atoms with Crippen LogP contribution in [0.2, 0.25) is 0 Å². The third-order valence-electron chi connectivity index (χ3n) is 2.44. The van der Waals surface area contributed by atoms with Crippen molar-refractivity contribution in [2.45, 2.75) is 0 Å². The predicted octanol–water partition coefficient (Wildman–Crippen LogP) is 4.18. The van der Waals surface area contributed by atoms with Crippen molar-refractivity contribution in [1.29, 1.82) is 0 Å². The molecular weight excluding hydrogens is 235 g/mol. The summed E-state index contributed by atoms with van der Waals surface area (Å²) in [4.78, 5) is 3.76. The SMILES string of the molecule is Fc1cccc(Nc2ccc3sccc3c2)n1. The van der Waals surface area contributed by atoms with Gasteiger partial charge >= 0.3 is 0 Å². The van der Waals surface area contributed by atoms with Crippen LogP contribution in [0.5, 0.6) is 0 Å². The van der Waals surface area contributed by atoms with E-state index in [1.54, 1.807) is 23.5 Å². The Morgan fingerprint density at radius 2 is 2.06 bits per heavy atom. The lowest BCUT2D eigenvalue weighted by Crippen LogP contribution is -1.94. The Bertz CT molecular complexity index is 663. The average Bonchev–Trinajstić information content (AvgIpc) is 2.76. The summed E-state index contributed by atoms with van der Waals surface area (Å²) in [6.07, 6.45) is 0. The van der Waals surface area contributed by atoms with Crippen molar-refractivity contribution < 1.29 is 4.39 Å². The van der Waals surface area contributed by atoms with E-state index in [2.05, 4.69) is 21.7 Å². The number of hydrogen-bond donors (Lipinski definition) is 1. The third kappa shape index (κ3) is 2.12. The van der Waals surface area contributed by atoms with E-state index in [4.69, 9.17) is 0 Å². The second-order valence-corrected chi connectivity index (χ2v) is 4.59. The zero-order valence-corrected chi connectivity index (χ0v) is 9.67.